The van der Waals surface area contributed by atoms with Crippen molar-refractivity contribution in [1.29, 1.82) is 0 Å². The number of aryl methyl sites for hydroxylation is 1. The summed E-state index contributed by atoms with van der Waals surface area (Å²) in [5, 5.41) is 1.10. The summed E-state index contributed by atoms with van der Waals surface area (Å²) in [5.74, 6) is 0.715. The van der Waals surface area contributed by atoms with Gasteiger partial charge in [0.2, 0.25) is 0 Å². The van der Waals surface area contributed by atoms with Gasteiger partial charge < -0.3 is 14.4 Å². The zero-order chi connectivity index (χ0) is 24.1. The van der Waals surface area contributed by atoms with Gasteiger partial charge in [-0.3, -0.25) is 9.78 Å². The van der Waals surface area contributed by atoms with Crippen LogP contribution in [0.25, 0.3) is 22.0 Å². The Hall–Kier alpha value is -3.41. The molecule has 0 bridgehead atoms. The average Bonchev–Trinajstić information content (AvgIpc) is 2.79. The summed E-state index contributed by atoms with van der Waals surface area (Å²) in [7, 11) is 0. The molecule has 1 saturated heterocycles. The number of Topliss-reactive ketones (excluding diaryl/α,β-unsaturated/α-hetero) is 1. The lowest BCUT2D eigenvalue weighted by molar-refractivity contribution is -0.0226. The van der Waals surface area contributed by atoms with E-state index >= 15 is 0 Å². The highest BCUT2D eigenvalue weighted by atomic mass is 16.6. The summed E-state index contributed by atoms with van der Waals surface area (Å²) < 4.78 is 11.9. The van der Waals surface area contributed by atoms with Crippen LogP contribution in [0.1, 0.15) is 56.0 Å². The summed E-state index contributed by atoms with van der Waals surface area (Å²) >= 11 is 0. The van der Waals surface area contributed by atoms with E-state index in [-0.39, 0.29) is 11.9 Å². The summed E-state index contributed by atoms with van der Waals surface area (Å²) in [6.45, 7) is 8.68. The van der Waals surface area contributed by atoms with Crippen LogP contribution < -0.4 is 4.74 Å². The fourth-order valence-corrected chi connectivity index (χ4v) is 4.97. The molecule has 0 radical (unpaired) electrons. The van der Waals surface area contributed by atoms with Gasteiger partial charge in [-0.25, -0.2) is 4.79 Å². The standard InChI is InChI=1S/C28H30N2O4/c1-18-21(9-7-19-6-5-13-29-25(18)19)20-8-10-24-22(16-20)23(31)17-28(33-24)11-14-30(15-12-28)26(32)34-27(2,3)4/h5-10,13,16H,11-12,14-15,17H2,1-4H3. The molecule has 2 aromatic carbocycles. The van der Waals surface area contributed by atoms with Gasteiger partial charge in [0, 0.05) is 37.5 Å². The Morgan fingerprint density at radius 3 is 2.59 bits per heavy atom. The fourth-order valence-electron chi connectivity index (χ4n) is 4.97. The molecule has 1 aromatic heterocycles. The van der Waals surface area contributed by atoms with Crippen molar-refractivity contribution in [2.45, 2.75) is 58.2 Å². The molecule has 5 rings (SSSR count). The van der Waals surface area contributed by atoms with E-state index < -0.39 is 11.2 Å². The van der Waals surface area contributed by atoms with Crippen LogP contribution in [0.5, 0.6) is 5.75 Å². The van der Waals surface area contributed by atoms with Crippen LogP contribution in [0.3, 0.4) is 0 Å². The third-order valence-corrected chi connectivity index (χ3v) is 6.75. The van der Waals surface area contributed by atoms with Gasteiger partial charge >= 0.3 is 6.09 Å². The molecule has 2 aliphatic heterocycles. The van der Waals surface area contributed by atoms with E-state index in [9.17, 15) is 9.59 Å². The van der Waals surface area contributed by atoms with Gasteiger partial charge in [0.05, 0.1) is 17.5 Å². The van der Waals surface area contributed by atoms with E-state index in [2.05, 4.69) is 30.1 Å². The number of carbonyl (C=O) groups is 2. The van der Waals surface area contributed by atoms with Crippen molar-refractivity contribution in [3.8, 4) is 16.9 Å². The number of benzene rings is 2. The molecule has 1 amide bonds. The molecular formula is C28H30N2O4. The molecule has 2 aliphatic rings. The predicted octanol–water partition coefficient (Wildman–Crippen LogP) is 5.95. The number of nitrogens with zero attached hydrogens (tertiary/aromatic N) is 2. The largest absolute Gasteiger partial charge is 0.486 e. The third-order valence-electron chi connectivity index (χ3n) is 6.75. The highest BCUT2D eigenvalue weighted by Crippen LogP contribution is 2.41. The number of hydrogen-bond acceptors (Lipinski definition) is 5. The molecule has 3 heterocycles. The number of hydrogen-bond donors (Lipinski definition) is 0. The molecule has 6 nitrogen and oxygen atoms in total. The first-order valence-electron chi connectivity index (χ1n) is 11.8. The average molecular weight is 459 g/mol. The molecule has 1 fully saturated rings. The minimum Gasteiger partial charge on any atom is -0.486 e. The summed E-state index contributed by atoms with van der Waals surface area (Å²) in [6.07, 6.45) is 3.03. The highest BCUT2D eigenvalue weighted by Gasteiger charge is 2.44. The van der Waals surface area contributed by atoms with Gasteiger partial charge in [0.15, 0.2) is 5.78 Å². The number of likely N-dealkylation sites (tertiary alicyclic amines) is 1. The number of fused-ring (bicyclic) bond motifs is 2. The second-order valence-corrected chi connectivity index (χ2v) is 10.4. The normalized spacial score (nSPS) is 17.4. The van der Waals surface area contributed by atoms with Crippen LogP contribution in [0.4, 0.5) is 4.79 Å². The van der Waals surface area contributed by atoms with Crippen LogP contribution in [-0.4, -0.2) is 46.1 Å². The van der Waals surface area contributed by atoms with E-state index in [0.717, 1.165) is 27.6 Å². The van der Waals surface area contributed by atoms with Crippen LogP contribution in [0, 0.1) is 6.92 Å². The van der Waals surface area contributed by atoms with Crippen molar-refractivity contribution in [3.63, 3.8) is 0 Å². The first-order valence-corrected chi connectivity index (χ1v) is 11.8. The van der Waals surface area contributed by atoms with E-state index in [0.29, 0.717) is 43.7 Å². The molecule has 1 spiro atoms. The van der Waals surface area contributed by atoms with Gasteiger partial charge in [0.1, 0.15) is 17.0 Å². The SMILES string of the molecule is Cc1c(-c2ccc3c(c2)C(=O)CC2(CCN(C(=O)OC(C)(C)C)CC2)O3)ccc2cccnc12. The molecule has 0 unspecified atom stereocenters. The van der Waals surface area contributed by atoms with Gasteiger partial charge in [-0.15, -0.1) is 0 Å². The van der Waals surface area contributed by atoms with Crippen molar-refractivity contribution < 1.29 is 19.1 Å². The number of ether oxygens (including phenoxy) is 2. The Morgan fingerprint density at radius 1 is 1.09 bits per heavy atom. The zero-order valence-electron chi connectivity index (χ0n) is 20.2. The highest BCUT2D eigenvalue weighted by molar-refractivity contribution is 6.02. The maximum Gasteiger partial charge on any atom is 0.410 e. The second-order valence-electron chi connectivity index (χ2n) is 10.4. The van der Waals surface area contributed by atoms with Gasteiger partial charge in [-0.05, 0) is 62.6 Å². The van der Waals surface area contributed by atoms with Gasteiger partial charge in [-0.2, -0.15) is 0 Å². The zero-order valence-corrected chi connectivity index (χ0v) is 20.2. The van der Waals surface area contributed by atoms with Crippen molar-refractivity contribution in [2.24, 2.45) is 0 Å². The summed E-state index contributed by atoms with van der Waals surface area (Å²) in [5.41, 5.74) is 3.64. The smallest absolute Gasteiger partial charge is 0.410 e. The predicted molar refractivity (Wildman–Crippen MR) is 131 cm³/mol. The van der Waals surface area contributed by atoms with E-state index in [4.69, 9.17) is 9.47 Å². The summed E-state index contributed by atoms with van der Waals surface area (Å²) in [4.78, 5) is 31.9. The lowest BCUT2D eigenvalue weighted by Gasteiger charge is -2.44. The van der Waals surface area contributed by atoms with Crippen LogP contribution in [0.15, 0.2) is 48.7 Å². The Bertz CT molecular complexity index is 1280. The molecule has 3 aromatic rings. The molecule has 176 valence electrons. The number of carbonyl (C=O) groups excluding carboxylic acids is 2. The molecule has 0 aliphatic carbocycles. The van der Waals surface area contributed by atoms with Crippen LogP contribution in [-0.2, 0) is 4.74 Å². The molecule has 0 saturated carbocycles. The monoisotopic (exact) mass is 458 g/mol. The molecule has 6 heteroatoms. The fraction of sp³-hybridized carbons (Fsp3) is 0.393. The lowest BCUT2D eigenvalue weighted by atomic mass is 9.82. The Kier molecular flexibility index (Phi) is 5.34. The van der Waals surface area contributed by atoms with Gasteiger partial charge in [-0.1, -0.05) is 24.3 Å². The maximum atomic E-state index is 13.2. The maximum absolute atomic E-state index is 13.2. The summed E-state index contributed by atoms with van der Waals surface area (Å²) in [6, 6.07) is 14.0. The number of aromatic nitrogens is 1. The van der Waals surface area contributed by atoms with E-state index in [1.54, 1.807) is 11.1 Å². The van der Waals surface area contributed by atoms with E-state index in [1.165, 1.54) is 0 Å². The number of piperidine rings is 1. The Balaban J connectivity index is 1.37. The van der Waals surface area contributed by atoms with Crippen molar-refractivity contribution in [1.82, 2.24) is 9.88 Å². The van der Waals surface area contributed by atoms with E-state index in [1.807, 2.05) is 45.0 Å². The molecule has 0 N–H and O–H groups in total. The lowest BCUT2D eigenvalue weighted by Crippen LogP contribution is -2.52. The molecule has 34 heavy (non-hydrogen) atoms. The number of amides is 1. The number of pyridine rings is 1. The number of ketones is 1. The molecule has 0 atom stereocenters. The van der Waals surface area contributed by atoms with Crippen molar-refractivity contribution in [3.05, 3.63) is 59.8 Å². The first kappa shape index (κ1) is 22.4. The van der Waals surface area contributed by atoms with Gasteiger partial charge in [0.25, 0.3) is 0 Å². The van der Waals surface area contributed by atoms with Crippen LogP contribution in [0.2, 0.25) is 0 Å². The number of rotatable bonds is 1. The minimum absolute atomic E-state index is 0.0883. The second kappa shape index (κ2) is 8.12. The van der Waals surface area contributed by atoms with Crippen LogP contribution >= 0.6 is 0 Å². The Labute approximate surface area is 199 Å². The molecular weight excluding hydrogens is 428 g/mol. The Morgan fingerprint density at radius 2 is 1.85 bits per heavy atom. The minimum atomic E-state index is -0.563. The van der Waals surface area contributed by atoms with Crippen molar-refractivity contribution in [2.75, 3.05) is 13.1 Å². The quantitative estimate of drug-likeness (QED) is 0.451. The third kappa shape index (κ3) is 4.13. The van der Waals surface area contributed by atoms with Crippen molar-refractivity contribution >= 4 is 22.8 Å². The topological polar surface area (TPSA) is 68.7 Å². The first-order chi connectivity index (χ1) is 16.1.